The molecule has 1 nitrogen and oxygen atoms in total. The molecule has 0 fully saturated rings. The molecule has 0 atom stereocenters. The maximum Gasteiger partial charge on any atom is 0.0546 e. The molecule has 12 rings (SSSR count). The first kappa shape index (κ1) is 39.3. The van der Waals surface area contributed by atoms with Gasteiger partial charge in [-0.05, 0) is 130 Å². The molecule has 11 aromatic rings. The van der Waals surface area contributed by atoms with Gasteiger partial charge in [0.05, 0.1) is 5.69 Å². The highest BCUT2D eigenvalue weighted by Crippen LogP contribution is 2.53. The summed E-state index contributed by atoms with van der Waals surface area (Å²) < 4.78 is 0. The van der Waals surface area contributed by atoms with Gasteiger partial charge in [-0.15, -0.1) is 0 Å². The zero-order chi connectivity index (χ0) is 44.2. The van der Waals surface area contributed by atoms with Gasteiger partial charge in [0.1, 0.15) is 0 Å². The summed E-state index contributed by atoms with van der Waals surface area (Å²) >= 11 is 0. The van der Waals surface area contributed by atoms with E-state index in [1.165, 1.54) is 99.4 Å². The number of fused-ring (bicyclic) bond motifs is 6. The summed E-state index contributed by atoms with van der Waals surface area (Å²) in [7, 11) is 0. The molecule has 0 amide bonds. The normalized spacial score (nSPS) is 12.5. The minimum atomic E-state index is -0.118. The third-order valence-corrected chi connectivity index (χ3v) is 13.9. The largest absolute Gasteiger partial charge is 0.310 e. The Kier molecular flexibility index (Phi) is 9.58. The Balaban J connectivity index is 1.04. The van der Waals surface area contributed by atoms with Crippen molar-refractivity contribution in [3.8, 4) is 66.8 Å². The molecule has 0 saturated heterocycles. The predicted molar refractivity (Wildman–Crippen MR) is 281 cm³/mol. The first-order chi connectivity index (χ1) is 32.5. The zero-order valence-electron chi connectivity index (χ0n) is 37.1. The topological polar surface area (TPSA) is 3.24 Å². The van der Waals surface area contributed by atoms with Crippen LogP contribution in [0, 0.1) is 0 Å². The van der Waals surface area contributed by atoms with Gasteiger partial charge in [0.15, 0.2) is 0 Å². The van der Waals surface area contributed by atoms with Crippen molar-refractivity contribution in [2.75, 3.05) is 4.90 Å². The van der Waals surface area contributed by atoms with Crippen LogP contribution in [0.2, 0.25) is 0 Å². The molecule has 11 aromatic carbocycles. The molecule has 0 spiro atoms. The smallest absolute Gasteiger partial charge is 0.0546 e. The fourth-order valence-corrected chi connectivity index (χ4v) is 10.7. The lowest BCUT2D eigenvalue weighted by Gasteiger charge is -2.30. The van der Waals surface area contributed by atoms with Crippen molar-refractivity contribution in [3.05, 3.63) is 260 Å². The molecule has 66 heavy (non-hydrogen) atoms. The van der Waals surface area contributed by atoms with E-state index in [1.54, 1.807) is 0 Å². The Bertz CT molecular complexity index is 3580. The number of hydrogen-bond donors (Lipinski definition) is 0. The molecule has 0 saturated carbocycles. The summed E-state index contributed by atoms with van der Waals surface area (Å²) in [5.74, 6) is 0. The Morgan fingerprint density at radius 2 is 0.803 bits per heavy atom. The van der Waals surface area contributed by atoms with Crippen LogP contribution in [-0.4, -0.2) is 0 Å². The lowest BCUT2D eigenvalue weighted by Crippen LogP contribution is -2.16. The minimum Gasteiger partial charge on any atom is -0.310 e. The fourth-order valence-electron chi connectivity index (χ4n) is 10.7. The molecule has 0 unspecified atom stereocenters. The molecule has 0 radical (unpaired) electrons. The number of rotatable bonds is 8. The minimum absolute atomic E-state index is 0.118. The van der Waals surface area contributed by atoms with E-state index in [2.05, 4.69) is 267 Å². The van der Waals surface area contributed by atoms with Crippen molar-refractivity contribution in [2.24, 2.45) is 0 Å². The van der Waals surface area contributed by atoms with E-state index in [0.29, 0.717) is 0 Å². The van der Waals surface area contributed by atoms with Gasteiger partial charge in [-0.3, -0.25) is 0 Å². The molecule has 0 N–H and O–H groups in total. The molecule has 0 aliphatic heterocycles. The van der Waals surface area contributed by atoms with Crippen molar-refractivity contribution in [1.29, 1.82) is 0 Å². The van der Waals surface area contributed by atoms with Crippen LogP contribution >= 0.6 is 0 Å². The van der Waals surface area contributed by atoms with E-state index in [4.69, 9.17) is 0 Å². The zero-order valence-corrected chi connectivity index (χ0v) is 37.1. The van der Waals surface area contributed by atoms with Gasteiger partial charge >= 0.3 is 0 Å². The Labute approximate surface area is 387 Å². The van der Waals surface area contributed by atoms with E-state index in [-0.39, 0.29) is 5.41 Å². The Hall–Kier alpha value is -8.26. The second-order valence-corrected chi connectivity index (χ2v) is 18.0. The van der Waals surface area contributed by atoms with Crippen molar-refractivity contribution in [3.63, 3.8) is 0 Å². The van der Waals surface area contributed by atoms with Gasteiger partial charge in [-0.25, -0.2) is 0 Å². The lowest BCUT2D eigenvalue weighted by atomic mass is 9.79. The van der Waals surface area contributed by atoms with Crippen molar-refractivity contribution in [1.82, 2.24) is 0 Å². The molecular formula is C65H47N. The maximum absolute atomic E-state index is 2.46. The Morgan fingerprint density at radius 3 is 1.55 bits per heavy atom. The summed E-state index contributed by atoms with van der Waals surface area (Å²) in [6.07, 6.45) is 0. The van der Waals surface area contributed by atoms with Gasteiger partial charge in [0, 0.05) is 22.4 Å². The van der Waals surface area contributed by atoms with Gasteiger partial charge in [0.2, 0.25) is 0 Å². The van der Waals surface area contributed by atoms with Gasteiger partial charge in [-0.2, -0.15) is 0 Å². The number of anilines is 3. The molecule has 1 aliphatic carbocycles. The average Bonchev–Trinajstić information content (AvgIpc) is 3.63. The summed E-state index contributed by atoms with van der Waals surface area (Å²) in [6, 6.07) is 91.4. The molecular weight excluding hydrogens is 795 g/mol. The van der Waals surface area contributed by atoms with E-state index in [1.807, 2.05) is 0 Å². The first-order valence-electron chi connectivity index (χ1n) is 23.0. The third kappa shape index (κ3) is 6.63. The molecule has 0 aromatic heterocycles. The van der Waals surface area contributed by atoms with Crippen LogP contribution < -0.4 is 4.90 Å². The van der Waals surface area contributed by atoms with E-state index >= 15 is 0 Å². The monoisotopic (exact) mass is 841 g/mol. The number of hydrogen-bond acceptors (Lipinski definition) is 1. The van der Waals surface area contributed by atoms with E-state index in [9.17, 15) is 0 Å². The summed E-state index contributed by atoms with van der Waals surface area (Å²) in [4.78, 5) is 2.46. The first-order valence-corrected chi connectivity index (χ1v) is 23.0. The van der Waals surface area contributed by atoms with Crippen LogP contribution in [0.15, 0.2) is 249 Å². The summed E-state index contributed by atoms with van der Waals surface area (Å²) in [5.41, 5.74) is 20.6. The Morgan fingerprint density at radius 1 is 0.303 bits per heavy atom. The van der Waals surface area contributed by atoms with Gasteiger partial charge in [-0.1, -0.05) is 226 Å². The van der Waals surface area contributed by atoms with Crippen LogP contribution in [-0.2, 0) is 5.41 Å². The highest BCUT2D eigenvalue weighted by Gasteiger charge is 2.37. The van der Waals surface area contributed by atoms with Gasteiger partial charge < -0.3 is 4.90 Å². The number of nitrogens with zero attached hydrogens (tertiary/aromatic N) is 1. The van der Waals surface area contributed by atoms with Crippen LogP contribution in [0.25, 0.3) is 88.3 Å². The highest BCUT2D eigenvalue weighted by atomic mass is 15.1. The fraction of sp³-hybridized carbons (Fsp3) is 0.0462. The quantitative estimate of drug-likeness (QED) is 0.138. The van der Waals surface area contributed by atoms with Crippen molar-refractivity contribution < 1.29 is 0 Å². The molecule has 1 aliphatic rings. The summed E-state index contributed by atoms with van der Waals surface area (Å²) in [6.45, 7) is 4.74. The van der Waals surface area contributed by atoms with E-state index < -0.39 is 0 Å². The van der Waals surface area contributed by atoms with Crippen molar-refractivity contribution in [2.45, 2.75) is 19.3 Å². The number of benzene rings is 11. The highest BCUT2D eigenvalue weighted by molar-refractivity contribution is 6.08. The van der Waals surface area contributed by atoms with Crippen LogP contribution in [0.3, 0.4) is 0 Å². The summed E-state index contributed by atoms with van der Waals surface area (Å²) in [5, 5.41) is 5.07. The van der Waals surface area contributed by atoms with Crippen LogP contribution in [0.4, 0.5) is 17.1 Å². The van der Waals surface area contributed by atoms with Crippen molar-refractivity contribution >= 4 is 38.6 Å². The maximum atomic E-state index is 2.46. The second kappa shape index (κ2) is 16.1. The van der Waals surface area contributed by atoms with Gasteiger partial charge in [0.25, 0.3) is 0 Å². The molecule has 0 bridgehead atoms. The average molecular weight is 842 g/mol. The van der Waals surface area contributed by atoms with E-state index in [0.717, 1.165) is 17.1 Å². The standard InChI is InChI=1S/C65H47N/c1-65(2)61-29-14-13-24-58(61)60-28-15-27-57(64(60)65)48-35-40-52(41-36-48)66(51-38-33-44(34-39-51)49-37-42-55-50(43-49)32-31-47-21-9-10-22-53(47)55)62-30-16-26-56(46-19-7-4-8-20-46)63(62)59-25-12-11-23-54(59)45-17-5-3-6-18-45/h3-43H,1-2H3. The molecule has 0 heterocycles. The molecule has 1 heteroatoms. The SMILES string of the molecule is CC1(C)c2ccccc2-c2cccc(-c3ccc(N(c4ccc(-c5ccc6c(ccc7ccccc76)c5)cc4)c4cccc(-c5ccccc5)c4-c4ccccc4-c4ccccc4)cc3)c21. The third-order valence-electron chi connectivity index (χ3n) is 13.9. The van der Waals surface area contributed by atoms with Crippen LogP contribution in [0.1, 0.15) is 25.0 Å². The predicted octanol–water partition coefficient (Wildman–Crippen LogP) is 18.1. The van der Waals surface area contributed by atoms with Crippen LogP contribution in [0.5, 0.6) is 0 Å². The molecule has 312 valence electrons. The second-order valence-electron chi connectivity index (χ2n) is 18.0. The lowest BCUT2D eigenvalue weighted by molar-refractivity contribution is 0.662.